The van der Waals surface area contributed by atoms with Crippen molar-refractivity contribution in [1.82, 2.24) is 20.0 Å². The fourth-order valence-electron chi connectivity index (χ4n) is 3.72. The second-order valence-corrected chi connectivity index (χ2v) is 7.22. The molecule has 7 nitrogen and oxygen atoms in total. The molecule has 1 aliphatic heterocycles. The third kappa shape index (κ3) is 2.91. The van der Waals surface area contributed by atoms with E-state index in [4.69, 9.17) is 11.6 Å². The molecule has 1 aliphatic rings. The first-order chi connectivity index (χ1) is 14.2. The highest BCUT2D eigenvalue weighted by atomic mass is 35.5. The average molecular weight is 405 g/mol. The van der Waals surface area contributed by atoms with Crippen LogP contribution in [0.25, 0.3) is 22.0 Å². The van der Waals surface area contributed by atoms with Crippen molar-refractivity contribution in [1.29, 1.82) is 0 Å². The van der Waals surface area contributed by atoms with Crippen LogP contribution in [0.15, 0.2) is 47.7 Å². The summed E-state index contributed by atoms with van der Waals surface area (Å²) in [4.78, 5) is 17.4. The Balaban J connectivity index is 1.60. The van der Waals surface area contributed by atoms with Gasteiger partial charge in [-0.15, -0.1) is 0 Å². The van der Waals surface area contributed by atoms with Gasteiger partial charge in [0.2, 0.25) is 0 Å². The summed E-state index contributed by atoms with van der Waals surface area (Å²) in [6.45, 7) is 3.05. The van der Waals surface area contributed by atoms with Crippen LogP contribution in [0.5, 0.6) is 0 Å². The van der Waals surface area contributed by atoms with Gasteiger partial charge in [0.15, 0.2) is 0 Å². The molecule has 0 saturated heterocycles. The maximum absolute atomic E-state index is 13.0. The normalized spacial score (nSPS) is 12.5. The number of halogens is 1. The summed E-state index contributed by atoms with van der Waals surface area (Å²) in [7, 11) is 0. The third-order valence-corrected chi connectivity index (χ3v) is 5.38. The molecule has 2 aromatic carbocycles. The van der Waals surface area contributed by atoms with Gasteiger partial charge < -0.3 is 5.32 Å². The average Bonchev–Trinajstić information content (AvgIpc) is 3.46. The number of H-pyrrole nitrogens is 1. The van der Waals surface area contributed by atoms with E-state index >= 15 is 0 Å². The number of nitrogens with one attached hydrogen (secondary N) is 2. The SMILES string of the molecule is CCn1ncc(Cl)c1C(=O)Nc1cc(-c2cccc3[nH]ncc23)cc2c1C=NC2. The summed E-state index contributed by atoms with van der Waals surface area (Å²) >= 11 is 6.20. The number of benzene rings is 2. The van der Waals surface area contributed by atoms with Crippen molar-refractivity contribution in [3.8, 4) is 11.1 Å². The molecule has 0 unspecified atom stereocenters. The molecule has 3 heterocycles. The molecule has 4 aromatic rings. The second-order valence-electron chi connectivity index (χ2n) is 6.81. The Hall–Kier alpha value is -3.45. The first-order valence-corrected chi connectivity index (χ1v) is 9.65. The Bertz CT molecular complexity index is 1290. The van der Waals surface area contributed by atoms with E-state index in [2.05, 4.69) is 31.7 Å². The molecular formula is C21H17ClN6O. The highest BCUT2D eigenvalue weighted by Gasteiger charge is 2.21. The minimum atomic E-state index is -0.296. The summed E-state index contributed by atoms with van der Waals surface area (Å²) in [5.41, 5.74) is 6.02. The Morgan fingerprint density at radius 1 is 1.31 bits per heavy atom. The van der Waals surface area contributed by atoms with Gasteiger partial charge >= 0.3 is 0 Å². The van der Waals surface area contributed by atoms with Crippen LogP contribution < -0.4 is 5.32 Å². The lowest BCUT2D eigenvalue weighted by atomic mass is 9.96. The van der Waals surface area contributed by atoms with Crippen molar-refractivity contribution in [3.05, 3.63) is 64.6 Å². The van der Waals surface area contributed by atoms with Gasteiger partial charge in [-0.05, 0) is 41.8 Å². The molecule has 2 N–H and O–H groups in total. The van der Waals surface area contributed by atoms with Crippen LogP contribution in [0.4, 0.5) is 5.69 Å². The highest BCUT2D eigenvalue weighted by Crippen LogP contribution is 2.34. The molecule has 0 aliphatic carbocycles. The second kappa shape index (κ2) is 6.86. The standard InChI is InChI=1S/C21H17ClN6O/c1-2-28-20(17(22)11-25-28)21(29)26-19-7-12(6-13-8-23-9-15(13)19)14-4-3-5-18-16(14)10-24-27-18/h3-7,9-11H,2,8H2,1H3,(H,24,27)(H,26,29). The van der Waals surface area contributed by atoms with Gasteiger partial charge in [-0.1, -0.05) is 23.7 Å². The van der Waals surface area contributed by atoms with Gasteiger partial charge in [-0.25, -0.2) is 0 Å². The quantitative estimate of drug-likeness (QED) is 0.532. The number of anilines is 1. The minimum Gasteiger partial charge on any atom is -0.320 e. The van der Waals surface area contributed by atoms with Gasteiger partial charge in [0, 0.05) is 23.7 Å². The van der Waals surface area contributed by atoms with Crippen LogP contribution in [-0.4, -0.2) is 32.1 Å². The van der Waals surface area contributed by atoms with Crippen molar-refractivity contribution < 1.29 is 4.79 Å². The molecule has 0 fully saturated rings. The number of carbonyl (C=O) groups is 1. The van der Waals surface area contributed by atoms with E-state index in [1.165, 1.54) is 6.20 Å². The molecule has 1 amide bonds. The molecule has 0 saturated carbocycles. The predicted molar refractivity (Wildman–Crippen MR) is 114 cm³/mol. The smallest absolute Gasteiger partial charge is 0.275 e. The van der Waals surface area contributed by atoms with Crippen molar-refractivity contribution in [2.75, 3.05) is 5.32 Å². The molecular weight excluding hydrogens is 388 g/mol. The van der Waals surface area contributed by atoms with Crippen LogP contribution in [0.2, 0.25) is 5.02 Å². The van der Waals surface area contributed by atoms with Crippen LogP contribution in [0.1, 0.15) is 28.5 Å². The topological polar surface area (TPSA) is 88.0 Å². The van der Waals surface area contributed by atoms with Crippen molar-refractivity contribution in [2.24, 2.45) is 4.99 Å². The number of aliphatic imine (C=N–C) groups is 1. The molecule has 8 heteroatoms. The van der Waals surface area contributed by atoms with E-state index in [-0.39, 0.29) is 5.91 Å². The van der Waals surface area contributed by atoms with E-state index in [1.807, 2.05) is 37.4 Å². The first kappa shape index (κ1) is 17.6. The van der Waals surface area contributed by atoms with Gasteiger partial charge in [-0.3, -0.25) is 19.6 Å². The van der Waals surface area contributed by atoms with Gasteiger partial charge in [0.05, 0.1) is 35.2 Å². The van der Waals surface area contributed by atoms with Crippen molar-refractivity contribution >= 4 is 40.3 Å². The number of hydrogen-bond donors (Lipinski definition) is 2. The van der Waals surface area contributed by atoms with E-state index < -0.39 is 0 Å². The Kier molecular flexibility index (Phi) is 4.17. The minimum absolute atomic E-state index is 0.296. The zero-order chi connectivity index (χ0) is 20.0. The maximum atomic E-state index is 13.0. The number of aromatic nitrogens is 4. The number of carbonyl (C=O) groups excluding carboxylic acids is 1. The lowest BCUT2D eigenvalue weighted by Crippen LogP contribution is -2.19. The van der Waals surface area contributed by atoms with Crippen LogP contribution in [0, 0.1) is 0 Å². The summed E-state index contributed by atoms with van der Waals surface area (Å²) in [5, 5.41) is 15.7. The summed E-state index contributed by atoms with van der Waals surface area (Å²) in [6, 6.07) is 10.1. The Morgan fingerprint density at radius 2 is 2.21 bits per heavy atom. The van der Waals surface area contributed by atoms with Gasteiger partial charge in [0.25, 0.3) is 5.91 Å². The molecule has 0 atom stereocenters. The lowest BCUT2D eigenvalue weighted by Gasteiger charge is -2.14. The predicted octanol–water partition coefficient (Wildman–Crippen LogP) is 4.28. The van der Waals surface area contributed by atoms with Crippen molar-refractivity contribution in [2.45, 2.75) is 20.0 Å². The summed E-state index contributed by atoms with van der Waals surface area (Å²) in [5.74, 6) is -0.296. The number of aryl methyl sites for hydroxylation is 1. The fraction of sp³-hybridized carbons (Fsp3) is 0.143. The monoisotopic (exact) mass is 404 g/mol. The molecule has 0 bridgehead atoms. The van der Waals surface area contributed by atoms with Crippen LogP contribution in [0.3, 0.4) is 0 Å². The van der Waals surface area contributed by atoms with Gasteiger partial charge in [0.1, 0.15) is 5.69 Å². The van der Waals surface area contributed by atoms with Crippen LogP contribution >= 0.6 is 11.6 Å². The third-order valence-electron chi connectivity index (χ3n) is 5.10. The van der Waals surface area contributed by atoms with E-state index in [9.17, 15) is 4.79 Å². The molecule has 0 radical (unpaired) electrons. The zero-order valence-electron chi connectivity index (χ0n) is 15.6. The zero-order valence-corrected chi connectivity index (χ0v) is 16.4. The molecule has 0 spiro atoms. The number of amides is 1. The highest BCUT2D eigenvalue weighted by molar-refractivity contribution is 6.34. The first-order valence-electron chi connectivity index (χ1n) is 9.27. The number of aromatic amines is 1. The van der Waals surface area contributed by atoms with E-state index in [1.54, 1.807) is 10.9 Å². The molecule has 5 rings (SSSR count). The number of nitrogens with zero attached hydrogens (tertiary/aromatic N) is 4. The number of rotatable bonds is 4. The van der Waals surface area contributed by atoms with Gasteiger partial charge in [-0.2, -0.15) is 10.2 Å². The molecule has 29 heavy (non-hydrogen) atoms. The maximum Gasteiger partial charge on any atom is 0.275 e. The molecule has 2 aromatic heterocycles. The largest absolute Gasteiger partial charge is 0.320 e. The van der Waals surface area contributed by atoms with E-state index in [0.29, 0.717) is 29.5 Å². The Labute approximate surface area is 171 Å². The number of hydrogen-bond acceptors (Lipinski definition) is 4. The Morgan fingerprint density at radius 3 is 3.07 bits per heavy atom. The van der Waals surface area contributed by atoms with Crippen LogP contribution in [-0.2, 0) is 13.1 Å². The summed E-state index contributed by atoms with van der Waals surface area (Å²) < 4.78 is 1.59. The van der Waals surface area contributed by atoms with E-state index in [0.717, 1.165) is 33.2 Å². The molecule has 144 valence electrons. The lowest BCUT2D eigenvalue weighted by molar-refractivity contribution is 0.101. The number of fused-ring (bicyclic) bond motifs is 2. The van der Waals surface area contributed by atoms with Crippen molar-refractivity contribution in [3.63, 3.8) is 0 Å². The fourth-order valence-corrected chi connectivity index (χ4v) is 3.95. The summed E-state index contributed by atoms with van der Waals surface area (Å²) in [6.07, 6.45) is 5.10.